The highest BCUT2D eigenvalue weighted by Crippen LogP contribution is 2.04. The lowest BCUT2D eigenvalue weighted by Crippen LogP contribution is -2.22. The zero-order chi connectivity index (χ0) is 9.40. The molecule has 0 saturated heterocycles. The predicted octanol–water partition coefficient (Wildman–Crippen LogP) is 1.99. The Balaban J connectivity index is 3.30. The first kappa shape index (κ1) is 11.7. The number of rotatable bonds is 7. The lowest BCUT2D eigenvalue weighted by molar-refractivity contribution is 0.0183. The third-order valence-corrected chi connectivity index (χ3v) is 1.91. The van der Waals surface area contributed by atoms with Crippen LogP contribution in [0.15, 0.2) is 12.7 Å². The molecule has 0 fully saturated rings. The zero-order valence-corrected chi connectivity index (χ0v) is 8.12. The molecule has 1 N–H and O–H groups in total. The Morgan fingerprint density at radius 1 is 1.58 bits per heavy atom. The summed E-state index contributed by atoms with van der Waals surface area (Å²) in [5, 5.41) is 9.42. The number of hydrogen-bond acceptors (Lipinski definition) is 2. The zero-order valence-electron chi connectivity index (χ0n) is 8.12. The summed E-state index contributed by atoms with van der Waals surface area (Å²) in [7, 11) is 0. The van der Waals surface area contributed by atoms with Crippen LogP contribution >= 0.6 is 0 Å². The van der Waals surface area contributed by atoms with Crippen molar-refractivity contribution in [3.8, 4) is 0 Å². The Morgan fingerprint density at radius 3 is 2.75 bits per heavy atom. The molecule has 0 aliphatic rings. The van der Waals surface area contributed by atoms with E-state index in [-0.39, 0.29) is 5.92 Å². The van der Waals surface area contributed by atoms with Crippen LogP contribution in [0.5, 0.6) is 0 Å². The van der Waals surface area contributed by atoms with Gasteiger partial charge >= 0.3 is 0 Å². The molecule has 0 saturated carbocycles. The standard InChI is InChI=1S/C10H20O2/c1-4-6-7-12-8-10(11)9(3)5-2/h5,9-11H,2,4,6-8H2,1,3H3. The van der Waals surface area contributed by atoms with Gasteiger partial charge in [0.25, 0.3) is 0 Å². The van der Waals surface area contributed by atoms with Crippen LogP contribution in [-0.2, 0) is 4.74 Å². The van der Waals surface area contributed by atoms with E-state index in [1.165, 1.54) is 0 Å². The molecule has 0 bridgehead atoms. The third kappa shape index (κ3) is 5.33. The molecular weight excluding hydrogens is 152 g/mol. The van der Waals surface area contributed by atoms with Crippen LogP contribution < -0.4 is 0 Å². The molecule has 0 radical (unpaired) electrons. The highest BCUT2D eigenvalue weighted by atomic mass is 16.5. The van der Waals surface area contributed by atoms with E-state index in [4.69, 9.17) is 4.74 Å². The first-order chi connectivity index (χ1) is 5.72. The van der Waals surface area contributed by atoms with Crippen LogP contribution in [0.1, 0.15) is 26.7 Å². The van der Waals surface area contributed by atoms with Gasteiger partial charge in [0.1, 0.15) is 0 Å². The Morgan fingerprint density at radius 2 is 2.25 bits per heavy atom. The van der Waals surface area contributed by atoms with Crippen molar-refractivity contribution >= 4 is 0 Å². The van der Waals surface area contributed by atoms with Crippen molar-refractivity contribution in [2.24, 2.45) is 5.92 Å². The maximum Gasteiger partial charge on any atom is 0.0833 e. The van der Waals surface area contributed by atoms with Crippen LogP contribution in [0, 0.1) is 5.92 Å². The summed E-state index contributed by atoms with van der Waals surface area (Å²) in [4.78, 5) is 0. The molecular formula is C10H20O2. The summed E-state index contributed by atoms with van der Waals surface area (Å²) in [6.07, 6.45) is 3.54. The van der Waals surface area contributed by atoms with Crippen LogP contribution in [0.4, 0.5) is 0 Å². The minimum atomic E-state index is -0.403. The van der Waals surface area contributed by atoms with Crippen LogP contribution in [0.3, 0.4) is 0 Å². The molecule has 2 heteroatoms. The average Bonchev–Trinajstić information content (AvgIpc) is 2.10. The molecule has 0 aliphatic heterocycles. The maximum atomic E-state index is 9.42. The van der Waals surface area contributed by atoms with Crippen molar-refractivity contribution in [3.63, 3.8) is 0 Å². The molecule has 72 valence electrons. The molecule has 0 aromatic carbocycles. The van der Waals surface area contributed by atoms with Crippen molar-refractivity contribution in [2.45, 2.75) is 32.8 Å². The van der Waals surface area contributed by atoms with Gasteiger partial charge in [-0.1, -0.05) is 26.3 Å². The smallest absolute Gasteiger partial charge is 0.0833 e. The van der Waals surface area contributed by atoms with Gasteiger partial charge in [0.05, 0.1) is 12.7 Å². The lowest BCUT2D eigenvalue weighted by Gasteiger charge is -2.14. The Kier molecular flexibility index (Phi) is 7.11. The van der Waals surface area contributed by atoms with Gasteiger partial charge in [-0.15, -0.1) is 6.58 Å². The quantitative estimate of drug-likeness (QED) is 0.470. The van der Waals surface area contributed by atoms with E-state index in [9.17, 15) is 5.11 Å². The maximum absolute atomic E-state index is 9.42. The summed E-state index contributed by atoms with van der Waals surface area (Å²) < 4.78 is 5.26. The highest BCUT2D eigenvalue weighted by Gasteiger charge is 2.09. The number of aliphatic hydroxyl groups excluding tert-OH is 1. The van der Waals surface area contributed by atoms with Crippen LogP contribution in [0.2, 0.25) is 0 Å². The molecule has 0 aromatic heterocycles. The summed E-state index contributed by atoms with van der Waals surface area (Å²) in [6.45, 7) is 8.83. The lowest BCUT2D eigenvalue weighted by atomic mass is 10.1. The van der Waals surface area contributed by atoms with Crippen molar-refractivity contribution in [3.05, 3.63) is 12.7 Å². The van der Waals surface area contributed by atoms with Gasteiger partial charge in [0, 0.05) is 12.5 Å². The molecule has 0 spiro atoms. The minimum absolute atomic E-state index is 0.117. The van der Waals surface area contributed by atoms with Gasteiger partial charge in [-0.3, -0.25) is 0 Å². The molecule has 0 aromatic rings. The van der Waals surface area contributed by atoms with E-state index in [1.807, 2.05) is 6.92 Å². The normalized spacial score (nSPS) is 15.6. The van der Waals surface area contributed by atoms with Crippen LogP contribution in [0.25, 0.3) is 0 Å². The molecule has 2 unspecified atom stereocenters. The predicted molar refractivity (Wildman–Crippen MR) is 51.1 cm³/mol. The van der Waals surface area contributed by atoms with E-state index in [0.29, 0.717) is 6.61 Å². The van der Waals surface area contributed by atoms with Crippen LogP contribution in [-0.4, -0.2) is 24.4 Å². The molecule has 0 heterocycles. The topological polar surface area (TPSA) is 29.5 Å². The summed E-state index contributed by atoms with van der Waals surface area (Å²) in [5.41, 5.74) is 0. The molecule has 2 nitrogen and oxygen atoms in total. The number of hydrogen-bond donors (Lipinski definition) is 1. The summed E-state index contributed by atoms with van der Waals surface area (Å²) in [5.74, 6) is 0.117. The van der Waals surface area contributed by atoms with Gasteiger partial charge in [0.15, 0.2) is 0 Å². The molecule has 0 aliphatic carbocycles. The minimum Gasteiger partial charge on any atom is -0.390 e. The van der Waals surface area contributed by atoms with Gasteiger partial charge in [-0.25, -0.2) is 0 Å². The van der Waals surface area contributed by atoms with E-state index in [0.717, 1.165) is 19.4 Å². The van der Waals surface area contributed by atoms with Gasteiger partial charge in [-0.2, -0.15) is 0 Å². The number of unbranched alkanes of at least 4 members (excludes halogenated alkanes) is 1. The molecule has 0 rings (SSSR count). The summed E-state index contributed by atoms with van der Waals surface area (Å²) in [6, 6.07) is 0. The van der Waals surface area contributed by atoms with E-state index < -0.39 is 6.10 Å². The van der Waals surface area contributed by atoms with Crippen molar-refractivity contribution in [1.82, 2.24) is 0 Å². The van der Waals surface area contributed by atoms with Gasteiger partial charge in [-0.05, 0) is 6.42 Å². The Hall–Kier alpha value is -0.340. The van der Waals surface area contributed by atoms with Crippen molar-refractivity contribution in [1.29, 1.82) is 0 Å². The SMILES string of the molecule is C=CC(C)C(O)COCCCC. The second-order valence-electron chi connectivity index (χ2n) is 3.09. The Bertz CT molecular complexity index is 112. The second-order valence-corrected chi connectivity index (χ2v) is 3.09. The van der Waals surface area contributed by atoms with E-state index in [2.05, 4.69) is 13.5 Å². The summed E-state index contributed by atoms with van der Waals surface area (Å²) >= 11 is 0. The fourth-order valence-electron chi connectivity index (χ4n) is 0.759. The van der Waals surface area contributed by atoms with Gasteiger partial charge < -0.3 is 9.84 Å². The molecule has 0 amide bonds. The number of ether oxygens (including phenoxy) is 1. The fraction of sp³-hybridized carbons (Fsp3) is 0.800. The van der Waals surface area contributed by atoms with E-state index >= 15 is 0 Å². The van der Waals surface area contributed by atoms with Crippen molar-refractivity contribution < 1.29 is 9.84 Å². The Labute approximate surface area is 75.2 Å². The third-order valence-electron chi connectivity index (χ3n) is 1.91. The highest BCUT2D eigenvalue weighted by molar-refractivity contribution is 4.80. The largest absolute Gasteiger partial charge is 0.390 e. The first-order valence-corrected chi connectivity index (χ1v) is 4.60. The number of aliphatic hydroxyl groups is 1. The monoisotopic (exact) mass is 172 g/mol. The fourth-order valence-corrected chi connectivity index (χ4v) is 0.759. The second kappa shape index (κ2) is 7.32. The molecule has 12 heavy (non-hydrogen) atoms. The van der Waals surface area contributed by atoms with Gasteiger partial charge in [0.2, 0.25) is 0 Å². The molecule has 2 atom stereocenters. The van der Waals surface area contributed by atoms with Crippen molar-refractivity contribution in [2.75, 3.05) is 13.2 Å². The van der Waals surface area contributed by atoms with E-state index in [1.54, 1.807) is 6.08 Å². The first-order valence-electron chi connectivity index (χ1n) is 4.60. The average molecular weight is 172 g/mol.